The molecule has 0 atom stereocenters. The van der Waals surface area contributed by atoms with Crippen molar-refractivity contribution in [1.29, 1.82) is 5.26 Å². The molecule has 3 rings (SSSR count). The van der Waals surface area contributed by atoms with Crippen molar-refractivity contribution in [2.24, 2.45) is 0 Å². The van der Waals surface area contributed by atoms with Gasteiger partial charge in [0.1, 0.15) is 11.6 Å². The van der Waals surface area contributed by atoms with Crippen molar-refractivity contribution in [3.05, 3.63) is 89.3 Å². The van der Waals surface area contributed by atoms with Gasteiger partial charge in [-0.2, -0.15) is 5.26 Å². The molecule has 0 saturated carbocycles. The molecule has 0 saturated heterocycles. The Morgan fingerprint density at radius 1 is 1.04 bits per heavy atom. The van der Waals surface area contributed by atoms with Crippen LogP contribution in [-0.4, -0.2) is 10.5 Å². The highest BCUT2D eigenvalue weighted by Gasteiger charge is 2.13. The van der Waals surface area contributed by atoms with Gasteiger partial charge in [0.25, 0.3) is 5.91 Å². The third-order valence-corrected chi connectivity index (χ3v) is 4.18. The number of rotatable bonds is 4. The Labute approximate surface area is 153 Å². The Bertz CT molecular complexity index is 993. The molecule has 0 aliphatic rings. The molecule has 26 heavy (non-hydrogen) atoms. The summed E-state index contributed by atoms with van der Waals surface area (Å²) < 4.78 is 2.11. The van der Waals surface area contributed by atoms with Crippen LogP contribution in [-0.2, 0) is 4.79 Å². The van der Waals surface area contributed by atoms with E-state index in [-0.39, 0.29) is 5.57 Å². The second-order valence-corrected chi connectivity index (χ2v) is 5.99. The summed E-state index contributed by atoms with van der Waals surface area (Å²) in [6, 6.07) is 23.1. The quantitative estimate of drug-likeness (QED) is 0.555. The first-order valence-corrected chi connectivity index (χ1v) is 8.32. The predicted octanol–water partition coefficient (Wildman–Crippen LogP) is 4.64. The first kappa shape index (κ1) is 17.2. The zero-order chi connectivity index (χ0) is 18.5. The highest BCUT2D eigenvalue weighted by molar-refractivity contribution is 6.09. The van der Waals surface area contributed by atoms with E-state index < -0.39 is 5.91 Å². The van der Waals surface area contributed by atoms with E-state index >= 15 is 0 Å². The molecule has 128 valence electrons. The number of anilines is 1. The molecule has 1 aromatic heterocycles. The first-order chi connectivity index (χ1) is 12.6. The number of nitriles is 1. The van der Waals surface area contributed by atoms with Gasteiger partial charge in [0.15, 0.2) is 0 Å². The molecule has 0 radical (unpaired) electrons. The maximum Gasteiger partial charge on any atom is 0.266 e. The van der Waals surface area contributed by atoms with Gasteiger partial charge in [-0.05, 0) is 55.8 Å². The van der Waals surface area contributed by atoms with Crippen molar-refractivity contribution < 1.29 is 4.79 Å². The van der Waals surface area contributed by atoms with Crippen LogP contribution in [0.4, 0.5) is 5.69 Å². The lowest BCUT2D eigenvalue weighted by Crippen LogP contribution is -2.13. The lowest BCUT2D eigenvalue weighted by Gasteiger charge is -2.09. The van der Waals surface area contributed by atoms with Crippen LogP contribution in [0.25, 0.3) is 11.8 Å². The number of carbonyl (C=O) groups excluding carboxylic acids is 1. The van der Waals surface area contributed by atoms with Crippen molar-refractivity contribution >= 4 is 17.7 Å². The second-order valence-electron chi connectivity index (χ2n) is 5.99. The first-order valence-electron chi connectivity index (χ1n) is 8.32. The molecule has 1 amide bonds. The minimum atomic E-state index is -0.414. The van der Waals surface area contributed by atoms with Crippen molar-refractivity contribution in [2.45, 2.75) is 13.8 Å². The van der Waals surface area contributed by atoms with Crippen LogP contribution in [0.2, 0.25) is 0 Å². The summed E-state index contributed by atoms with van der Waals surface area (Å²) in [5, 5.41) is 12.2. The molecule has 0 aliphatic heterocycles. The fourth-order valence-corrected chi connectivity index (χ4v) is 2.93. The average Bonchev–Trinajstić information content (AvgIpc) is 2.94. The standard InChI is InChI=1S/C22H19N3O/c1-16-13-18(17(2)25(16)21-11-7-4-8-12-21)14-19(15-23)22(26)24-20-9-5-3-6-10-20/h3-14H,1-2H3,(H,24,26). The van der Waals surface area contributed by atoms with E-state index in [9.17, 15) is 10.1 Å². The topological polar surface area (TPSA) is 57.8 Å². The molecule has 1 heterocycles. The van der Waals surface area contributed by atoms with E-state index in [0.29, 0.717) is 5.69 Å². The predicted molar refractivity (Wildman–Crippen MR) is 104 cm³/mol. The van der Waals surface area contributed by atoms with E-state index in [4.69, 9.17) is 0 Å². The SMILES string of the molecule is Cc1cc(C=C(C#N)C(=O)Nc2ccccc2)c(C)n1-c1ccccc1. The van der Waals surface area contributed by atoms with Gasteiger partial charge in [0, 0.05) is 22.8 Å². The smallest absolute Gasteiger partial charge is 0.266 e. The van der Waals surface area contributed by atoms with Gasteiger partial charge in [-0.15, -0.1) is 0 Å². The number of hydrogen-bond acceptors (Lipinski definition) is 2. The molecule has 1 N–H and O–H groups in total. The monoisotopic (exact) mass is 341 g/mol. The summed E-state index contributed by atoms with van der Waals surface area (Å²) >= 11 is 0. The maximum absolute atomic E-state index is 12.4. The summed E-state index contributed by atoms with van der Waals surface area (Å²) in [4.78, 5) is 12.4. The molecule has 2 aromatic carbocycles. The third kappa shape index (κ3) is 3.57. The van der Waals surface area contributed by atoms with E-state index in [2.05, 4.69) is 9.88 Å². The molecule has 4 nitrogen and oxygen atoms in total. The van der Waals surface area contributed by atoms with Crippen LogP contribution >= 0.6 is 0 Å². The third-order valence-electron chi connectivity index (χ3n) is 4.18. The Balaban J connectivity index is 1.93. The molecule has 0 spiro atoms. The van der Waals surface area contributed by atoms with Crippen LogP contribution in [0, 0.1) is 25.2 Å². The number of para-hydroxylation sites is 2. The fraction of sp³-hybridized carbons (Fsp3) is 0.0909. The Morgan fingerprint density at radius 2 is 1.65 bits per heavy atom. The Morgan fingerprint density at radius 3 is 2.27 bits per heavy atom. The van der Waals surface area contributed by atoms with Gasteiger partial charge in [0.05, 0.1) is 0 Å². The van der Waals surface area contributed by atoms with Crippen LogP contribution in [0.3, 0.4) is 0 Å². The number of nitrogens with one attached hydrogen (secondary N) is 1. The Hall–Kier alpha value is -3.58. The van der Waals surface area contributed by atoms with Gasteiger partial charge in [-0.25, -0.2) is 0 Å². The number of carbonyl (C=O) groups is 1. The zero-order valence-corrected chi connectivity index (χ0v) is 14.7. The van der Waals surface area contributed by atoms with Gasteiger partial charge in [0.2, 0.25) is 0 Å². The highest BCUT2D eigenvalue weighted by Crippen LogP contribution is 2.23. The van der Waals surface area contributed by atoms with E-state index in [1.54, 1.807) is 18.2 Å². The molecule has 4 heteroatoms. The number of hydrogen-bond donors (Lipinski definition) is 1. The second kappa shape index (κ2) is 7.54. The van der Waals surface area contributed by atoms with Crippen molar-refractivity contribution in [1.82, 2.24) is 4.57 Å². The molecule has 0 bridgehead atoms. The maximum atomic E-state index is 12.4. The van der Waals surface area contributed by atoms with Crippen LogP contribution in [0.1, 0.15) is 17.0 Å². The number of aromatic nitrogens is 1. The largest absolute Gasteiger partial charge is 0.321 e. The summed E-state index contributed by atoms with van der Waals surface area (Å²) in [6.07, 6.45) is 1.64. The Kier molecular flexibility index (Phi) is 5.00. The minimum absolute atomic E-state index is 0.0714. The summed E-state index contributed by atoms with van der Waals surface area (Å²) in [5.41, 5.74) is 4.66. The van der Waals surface area contributed by atoms with E-state index in [1.165, 1.54) is 0 Å². The van der Waals surface area contributed by atoms with Crippen molar-refractivity contribution in [3.63, 3.8) is 0 Å². The zero-order valence-electron chi connectivity index (χ0n) is 14.7. The molecule has 3 aromatic rings. The highest BCUT2D eigenvalue weighted by atomic mass is 16.1. The van der Waals surface area contributed by atoms with Crippen LogP contribution in [0.5, 0.6) is 0 Å². The molecular weight excluding hydrogens is 322 g/mol. The molecule has 0 fully saturated rings. The number of aryl methyl sites for hydroxylation is 1. The molecular formula is C22H19N3O. The lowest BCUT2D eigenvalue weighted by molar-refractivity contribution is -0.112. The van der Waals surface area contributed by atoms with Gasteiger partial charge in [-0.1, -0.05) is 36.4 Å². The number of nitrogens with zero attached hydrogens (tertiary/aromatic N) is 2. The van der Waals surface area contributed by atoms with Crippen molar-refractivity contribution in [3.8, 4) is 11.8 Å². The van der Waals surface area contributed by atoms with Crippen molar-refractivity contribution in [2.75, 3.05) is 5.32 Å². The van der Waals surface area contributed by atoms with E-state index in [1.807, 2.05) is 74.5 Å². The summed E-state index contributed by atoms with van der Waals surface area (Å²) in [5.74, 6) is -0.414. The number of amides is 1. The normalized spacial score (nSPS) is 11.0. The fourth-order valence-electron chi connectivity index (χ4n) is 2.93. The average molecular weight is 341 g/mol. The van der Waals surface area contributed by atoms with Gasteiger partial charge in [-0.3, -0.25) is 4.79 Å². The van der Waals surface area contributed by atoms with E-state index in [0.717, 1.165) is 22.6 Å². The van der Waals surface area contributed by atoms with Crippen LogP contribution < -0.4 is 5.32 Å². The summed E-state index contributed by atoms with van der Waals surface area (Å²) in [7, 11) is 0. The lowest BCUT2D eigenvalue weighted by atomic mass is 10.1. The summed E-state index contributed by atoms with van der Waals surface area (Å²) in [6.45, 7) is 3.99. The van der Waals surface area contributed by atoms with Gasteiger partial charge < -0.3 is 9.88 Å². The van der Waals surface area contributed by atoms with Gasteiger partial charge >= 0.3 is 0 Å². The molecule has 0 aliphatic carbocycles. The van der Waals surface area contributed by atoms with Crippen LogP contribution in [0.15, 0.2) is 72.3 Å². The number of benzene rings is 2. The minimum Gasteiger partial charge on any atom is -0.321 e. The molecule has 0 unspecified atom stereocenters.